The summed E-state index contributed by atoms with van der Waals surface area (Å²) in [6.45, 7) is 0. The van der Waals surface area contributed by atoms with Crippen LogP contribution >= 0.6 is 23.2 Å². The standard InChI is InChI=1S/C13H8Cl2O2/c14-10-4-1-8(2-5-10)11-7-9(13(16)17)3-6-12(11)15/h1-7H,(H,16,17)/p-1. The van der Waals surface area contributed by atoms with Gasteiger partial charge in [0, 0.05) is 15.6 Å². The van der Waals surface area contributed by atoms with Gasteiger partial charge >= 0.3 is 0 Å². The lowest BCUT2D eigenvalue weighted by Gasteiger charge is -2.08. The number of carbonyl (C=O) groups is 1. The first kappa shape index (κ1) is 12.0. The van der Waals surface area contributed by atoms with Crippen molar-refractivity contribution in [3.8, 4) is 11.1 Å². The van der Waals surface area contributed by atoms with E-state index in [1.807, 2.05) is 0 Å². The van der Waals surface area contributed by atoms with E-state index >= 15 is 0 Å². The number of hydrogen-bond donors (Lipinski definition) is 0. The molecule has 2 nitrogen and oxygen atoms in total. The first-order valence-electron chi connectivity index (χ1n) is 4.85. The van der Waals surface area contributed by atoms with Crippen LogP contribution in [0, 0.1) is 0 Å². The van der Waals surface area contributed by atoms with Crippen molar-refractivity contribution in [2.45, 2.75) is 0 Å². The second-order valence-electron chi connectivity index (χ2n) is 3.49. The molecule has 0 amide bonds. The molecule has 0 radical (unpaired) electrons. The van der Waals surface area contributed by atoms with E-state index in [1.165, 1.54) is 18.2 Å². The van der Waals surface area contributed by atoms with E-state index in [2.05, 4.69) is 0 Å². The quantitative estimate of drug-likeness (QED) is 0.838. The zero-order valence-corrected chi connectivity index (χ0v) is 10.1. The van der Waals surface area contributed by atoms with Crippen molar-refractivity contribution in [1.29, 1.82) is 0 Å². The van der Waals surface area contributed by atoms with Gasteiger partial charge in [0.25, 0.3) is 0 Å². The van der Waals surface area contributed by atoms with Crippen LogP contribution < -0.4 is 5.11 Å². The van der Waals surface area contributed by atoms with Crippen LogP contribution in [0.1, 0.15) is 10.4 Å². The van der Waals surface area contributed by atoms with Gasteiger partial charge in [0.1, 0.15) is 0 Å². The smallest absolute Gasteiger partial charge is 0.0715 e. The summed E-state index contributed by atoms with van der Waals surface area (Å²) in [5.74, 6) is -1.23. The first-order valence-corrected chi connectivity index (χ1v) is 5.60. The van der Waals surface area contributed by atoms with Gasteiger partial charge in [-0.05, 0) is 35.4 Å². The third-order valence-corrected chi connectivity index (χ3v) is 2.94. The van der Waals surface area contributed by atoms with E-state index in [4.69, 9.17) is 23.2 Å². The van der Waals surface area contributed by atoms with Crippen LogP contribution in [-0.2, 0) is 0 Å². The number of rotatable bonds is 2. The highest BCUT2D eigenvalue weighted by atomic mass is 35.5. The number of aromatic carboxylic acids is 1. The minimum atomic E-state index is -1.23. The van der Waals surface area contributed by atoms with Gasteiger partial charge in [-0.3, -0.25) is 0 Å². The summed E-state index contributed by atoms with van der Waals surface area (Å²) >= 11 is 11.8. The topological polar surface area (TPSA) is 40.1 Å². The van der Waals surface area contributed by atoms with E-state index in [-0.39, 0.29) is 5.56 Å². The lowest BCUT2D eigenvalue weighted by atomic mass is 10.0. The molecule has 2 aromatic carbocycles. The molecule has 0 bridgehead atoms. The molecule has 0 saturated carbocycles. The Hall–Kier alpha value is -1.51. The fourth-order valence-corrected chi connectivity index (χ4v) is 1.86. The SMILES string of the molecule is O=C([O-])c1ccc(Cl)c(-c2ccc(Cl)cc2)c1. The van der Waals surface area contributed by atoms with Crippen LogP contribution in [0.2, 0.25) is 10.0 Å². The fraction of sp³-hybridized carbons (Fsp3) is 0. The van der Waals surface area contributed by atoms with Crippen LogP contribution in [0.5, 0.6) is 0 Å². The summed E-state index contributed by atoms with van der Waals surface area (Å²) in [4.78, 5) is 10.8. The zero-order valence-electron chi connectivity index (χ0n) is 8.61. The lowest BCUT2D eigenvalue weighted by molar-refractivity contribution is -0.255. The summed E-state index contributed by atoms with van der Waals surface area (Å²) in [5, 5.41) is 11.9. The van der Waals surface area contributed by atoms with E-state index in [9.17, 15) is 9.90 Å². The average molecular weight is 266 g/mol. The molecule has 2 aromatic rings. The Morgan fingerprint density at radius 1 is 1.00 bits per heavy atom. The molecular weight excluding hydrogens is 259 g/mol. The van der Waals surface area contributed by atoms with Gasteiger partial charge in [-0.1, -0.05) is 41.4 Å². The Morgan fingerprint density at radius 2 is 1.65 bits per heavy atom. The molecule has 0 saturated heterocycles. The first-order chi connectivity index (χ1) is 8.08. The minimum Gasteiger partial charge on any atom is -0.545 e. The van der Waals surface area contributed by atoms with Crippen LogP contribution in [0.3, 0.4) is 0 Å². The van der Waals surface area contributed by atoms with Crippen molar-refractivity contribution < 1.29 is 9.90 Å². The molecule has 2 rings (SSSR count). The molecule has 0 aromatic heterocycles. The van der Waals surface area contributed by atoms with Gasteiger partial charge in [0.15, 0.2) is 0 Å². The summed E-state index contributed by atoms with van der Waals surface area (Å²) in [5.41, 5.74) is 1.55. The second kappa shape index (κ2) is 4.78. The van der Waals surface area contributed by atoms with Crippen molar-refractivity contribution >= 4 is 29.2 Å². The summed E-state index contributed by atoms with van der Waals surface area (Å²) in [6.07, 6.45) is 0. The van der Waals surface area contributed by atoms with Crippen molar-refractivity contribution in [1.82, 2.24) is 0 Å². The van der Waals surface area contributed by atoms with E-state index in [0.29, 0.717) is 15.6 Å². The largest absolute Gasteiger partial charge is 0.545 e. The van der Waals surface area contributed by atoms with E-state index < -0.39 is 5.97 Å². The molecule has 0 atom stereocenters. The minimum absolute atomic E-state index is 0.0966. The van der Waals surface area contributed by atoms with Gasteiger partial charge < -0.3 is 9.90 Å². The highest BCUT2D eigenvalue weighted by molar-refractivity contribution is 6.33. The number of hydrogen-bond acceptors (Lipinski definition) is 2. The third kappa shape index (κ3) is 2.60. The fourth-order valence-electron chi connectivity index (χ4n) is 1.50. The normalized spacial score (nSPS) is 10.2. The lowest BCUT2D eigenvalue weighted by Crippen LogP contribution is -2.22. The highest BCUT2D eigenvalue weighted by Gasteiger charge is 2.05. The third-order valence-electron chi connectivity index (χ3n) is 2.36. The van der Waals surface area contributed by atoms with Gasteiger partial charge in [-0.15, -0.1) is 0 Å². The zero-order chi connectivity index (χ0) is 12.4. The molecule has 86 valence electrons. The maximum Gasteiger partial charge on any atom is 0.0715 e. The van der Waals surface area contributed by atoms with Gasteiger partial charge in [-0.25, -0.2) is 0 Å². The molecule has 0 heterocycles. The van der Waals surface area contributed by atoms with Crippen LogP contribution in [-0.4, -0.2) is 5.97 Å². The molecule has 0 N–H and O–H groups in total. The summed E-state index contributed by atoms with van der Waals surface area (Å²) in [6, 6.07) is 11.4. The molecule has 17 heavy (non-hydrogen) atoms. The Morgan fingerprint density at radius 3 is 2.24 bits per heavy atom. The highest BCUT2D eigenvalue weighted by Crippen LogP contribution is 2.29. The Labute approximate surface area is 108 Å². The molecule has 0 fully saturated rings. The van der Waals surface area contributed by atoms with Gasteiger partial charge in [0.2, 0.25) is 0 Å². The van der Waals surface area contributed by atoms with Crippen molar-refractivity contribution in [3.05, 3.63) is 58.1 Å². The maximum absolute atomic E-state index is 10.8. The predicted octanol–water partition coefficient (Wildman–Crippen LogP) is 3.02. The number of carboxylic acid groups (broad SMARTS) is 1. The van der Waals surface area contributed by atoms with Crippen molar-refractivity contribution in [3.63, 3.8) is 0 Å². The second-order valence-corrected chi connectivity index (χ2v) is 4.33. The Kier molecular flexibility index (Phi) is 3.36. The van der Waals surface area contributed by atoms with Crippen LogP contribution in [0.25, 0.3) is 11.1 Å². The Bertz CT molecular complexity index is 562. The molecule has 0 spiro atoms. The molecule has 0 aliphatic carbocycles. The maximum atomic E-state index is 10.8. The molecular formula is C13H7Cl2O2-. The Balaban J connectivity index is 2.54. The summed E-state index contributed by atoms with van der Waals surface area (Å²) < 4.78 is 0. The van der Waals surface area contributed by atoms with Crippen LogP contribution in [0.4, 0.5) is 0 Å². The average Bonchev–Trinajstić information content (AvgIpc) is 2.31. The van der Waals surface area contributed by atoms with Crippen molar-refractivity contribution in [2.24, 2.45) is 0 Å². The number of halogens is 2. The number of carbonyl (C=O) groups excluding carboxylic acids is 1. The molecule has 0 unspecified atom stereocenters. The van der Waals surface area contributed by atoms with E-state index in [0.717, 1.165) is 5.56 Å². The summed E-state index contributed by atoms with van der Waals surface area (Å²) in [7, 11) is 0. The monoisotopic (exact) mass is 265 g/mol. The molecule has 0 aliphatic rings. The predicted molar refractivity (Wildman–Crippen MR) is 66.2 cm³/mol. The van der Waals surface area contributed by atoms with Gasteiger partial charge in [-0.2, -0.15) is 0 Å². The van der Waals surface area contributed by atoms with Crippen molar-refractivity contribution in [2.75, 3.05) is 0 Å². The van der Waals surface area contributed by atoms with E-state index in [1.54, 1.807) is 24.3 Å². The molecule has 4 heteroatoms. The molecule has 0 aliphatic heterocycles. The number of benzene rings is 2. The van der Waals surface area contributed by atoms with Gasteiger partial charge in [0.05, 0.1) is 5.97 Å². The number of carboxylic acids is 1. The van der Waals surface area contributed by atoms with Crippen LogP contribution in [0.15, 0.2) is 42.5 Å².